The summed E-state index contributed by atoms with van der Waals surface area (Å²) in [6, 6.07) is -0.304. The number of azide groups is 1. The Morgan fingerprint density at radius 1 is 0.917 bits per heavy atom. The summed E-state index contributed by atoms with van der Waals surface area (Å²) in [5.41, 5.74) is 8.97. The van der Waals surface area contributed by atoms with E-state index < -0.39 is 6.29 Å². The van der Waals surface area contributed by atoms with Crippen molar-refractivity contribution < 1.29 is 14.2 Å². The molecule has 0 aromatic heterocycles. The van der Waals surface area contributed by atoms with Gasteiger partial charge in [0.1, 0.15) is 0 Å². The lowest BCUT2D eigenvalue weighted by molar-refractivity contribution is -0.285. The van der Waals surface area contributed by atoms with Gasteiger partial charge in [0.05, 0.1) is 30.5 Å². The van der Waals surface area contributed by atoms with Crippen molar-refractivity contribution >= 4 is 0 Å². The van der Waals surface area contributed by atoms with E-state index in [4.69, 9.17) is 19.7 Å². The van der Waals surface area contributed by atoms with Gasteiger partial charge in [-0.1, -0.05) is 39.7 Å². The molecule has 0 aromatic rings. The number of rotatable bonds is 4. The molecule has 10 atom stereocenters. The first-order valence-corrected chi connectivity index (χ1v) is 9.32. The topological polar surface area (TPSA) is 76.5 Å². The fraction of sp³-hybridized carbons (Fsp3) is 1.00. The summed E-state index contributed by atoms with van der Waals surface area (Å²) in [5.74, 6) is 1.32. The summed E-state index contributed by atoms with van der Waals surface area (Å²) >= 11 is 0. The van der Waals surface area contributed by atoms with Gasteiger partial charge < -0.3 is 14.2 Å². The molecule has 2 heterocycles. The SMILES string of the molecule is CCC1O[C@@H](O[C@H]2C(C)OC(C)[C@@H](C)C2C)C(N=[N+]=[N-])[C@@H](C)[C@H]1C. The standard InChI is InChI=1S/C18H33N3O3/c1-8-15-10(3)11(4)16(20-21-19)18(23-15)24-17-12(5)9(2)13(6)22-14(17)7/h9-18H,8H2,1-7H3/t9-,10+,11-,12?,13?,14?,15?,16?,17+,18-/m0/s1. The van der Waals surface area contributed by atoms with E-state index in [2.05, 4.69) is 58.5 Å². The molecule has 2 aliphatic rings. The molecule has 2 rings (SSSR count). The summed E-state index contributed by atoms with van der Waals surface area (Å²) in [4.78, 5) is 3.04. The van der Waals surface area contributed by atoms with Gasteiger partial charge in [-0.2, -0.15) is 0 Å². The molecule has 0 bridgehead atoms. The van der Waals surface area contributed by atoms with Gasteiger partial charge in [0.2, 0.25) is 0 Å². The summed E-state index contributed by atoms with van der Waals surface area (Å²) in [6.07, 6.45) is 0.704. The highest BCUT2D eigenvalue weighted by molar-refractivity contribution is 4.92. The van der Waals surface area contributed by atoms with Gasteiger partial charge in [-0.3, -0.25) is 0 Å². The molecule has 0 amide bonds. The fourth-order valence-corrected chi connectivity index (χ4v) is 4.16. The van der Waals surface area contributed by atoms with Crippen molar-refractivity contribution in [1.29, 1.82) is 0 Å². The third-order valence-electron chi connectivity index (χ3n) is 6.40. The lowest BCUT2D eigenvalue weighted by Gasteiger charge is -2.48. The van der Waals surface area contributed by atoms with E-state index in [1.54, 1.807) is 0 Å². The molecule has 24 heavy (non-hydrogen) atoms. The Kier molecular flexibility index (Phi) is 6.54. The van der Waals surface area contributed by atoms with E-state index in [1.165, 1.54) is 0 Å². The molecular weight excluding hydrogens is 306 g/mol. The van der Waals surface area contributed by atoms with E-state index in [9.17, 15) is 0 Å². The van der Waals surface area contributed by atoms with Crippen molar-refractivity contribution in [2.24, 2.45) is 28.8 Å². The monoisotopic (exact) mass is 339 g/mol. The lowest BCUT2D eigenvalue weighted by Crippen LogP contribution is -2.55. The van der Waals surface area contributed by atoms with Crippen molar-refractivity contribution in [2.75, 3.05) is 0 Å². The average molecular weight is 339 g/mol. The van der Waals surface area contributed by atoms with Gasteiger partial charge in [-0.25, -0.2) is 0 Å². The summed E-state index contributed by atoms with van der Waals surface area (Å²) in [7, 11) is 0. The zero-order chi connectivity index (χ0) is 18.0. The zero-order valence-corrected chi connectivity index (χ0v) is 16.0. The minimum Gasteiger partial charge on any atom is -0.373 e. The minimum atomic E-state index is -0.504. The second kappa shape index (κ2) is 8.05. The van der Waals surface area contributed by atoms with Gasteiger partial charge in [0.25, 0.3) is 0 Å². The first-order valence-electron chi connectivity index (χ1n) is 9.32. The van der Waals surface area contributed by atoms with Crippen LogP contribution in [0.1, 0.15) is 54.9 Å². The first kappa shape index (κ1) is 19.5. The summed E-state index contributed by atoms with van der Waals surface area (Å²) in [6.45, 7) is 15.0. The summed E-state index contributed by atoms with van der Waals surface area (Å²) in [5, 5.41) is 4.00. The van der Waals surface area contributed by atoms with Crippen molar-refractivity contribution in [2.45, 2.75) is 91.6 Å². The molecule has 2 aliphatic heterocycles. The second-order valence-corrected chi connectivity index (χ2v) is 7.73. The molecular formula is C18H33N3O3. The molecule has 0 aromatic carbocycles. The second-order valence-electron chi connectivity index (χ2n) is 7.73. The van der Waals surface area contributed by atoms with E-state index in [1.807, 2.05) is 0 Å². The largest absolute Gasteiger partial charge is 0.373 e. The third-order valence-corrected chi connectivity index (χ3v) is 6.40. The van der Waals surface area contributed by atoms with Crippen LogP contribution < -0.4 is 0 Å². The minimum absolute atomic E-state index is 0.00347. The zero-order valence-electron chi connectivity index (χ0n) is 16.0. The predicted octanol–water partition coefficient (Wildman–Crippen LogP) is 4.54. The van der Waals surface area contributed by atoms with Crippen LogP contribution in [0, 0.1) is 23.7 Å². The third kappa shape index (κ3) is 3.72. The van der Waals surface area contributed by atoms with Crippen LogP contribution in [-0.2, 0) is 14.2 Å². The van der Waals surface area contributed by atoms with Gasteiger partial charge in [-0.15, -0.1) is 0 Å². The van der Waals surface area contributed by atoms with E-state index in [0.29, 0.717) is 17.8 Å². The molecule has 6 heteroatoms. The average Bonchev–Trinajstić information content (AvgIpc) is 2.55. The van der Waals surface area contributed by atoms with Crippen LogP contribution in [0.15, 0.2) is 5.11 Å². The van der Waals surface area contributed by atoms with Gasteiger partial charge in [-0.05, 0) is 49.5 Å². The fourth-order valence-electron chi connectivity index (χ4n) is 4.16. The smallest absolute Gasteiger partial charge is 0.167 e. The Balaban J connectivity index is 2.19. The Labute approximate surface area is 145 Å². The van der Waals surface area contributed by atoms with Gasteiger partial charge >= 0.3 is 0 Å². The number of hydrogen-bond acceptors (Lipinski definition) is 4. The molecule has 0 radical (unpaired) electrons. The molecule has 0 N–H and O–H groups in total. The Morgan fingerprint density at radius 3 is 2.17 bits per heavy atom. The maximum absolute atomic E-state index is 8.97. The molecule has 0 spiro atoms. The van der Waals surface area contributed by atoms with Gasteiger partial charge in [0, 0.05) is 4.91 Å². The van der Waals surface area contributed by atoms with E-state index in [-0.39, 0.29) is 36.4 Å². The van der Waals surface area contributed by atoms with Crippen LogP contribution in [0.4, 0.5) is 0 Å². The molecule has 138 valence electrons. The Hall–Kier alpha value is -0.810. The highest BCUT2D eigenvalue weighted by atomic mass is 16.7. The van der Waals surface area contributed by atoms with Crippen molar-refractivity contribution in [3.63, 3.8) is 0 Å². The lowest BCUT2D eigenvalue weighted by atomic mass is 9.80. The first-order chi connectivity index (χ1) is 11.3. The van der Waals surface area contributed by atoms with E-state index in [0.717, 1.165) is 6.42 Å². The molecule has 2 saturated heterocycles. The maximum Gasteiger partial charge on any atom is 0.167 e. The molecule has 0 saturated carbocycles. The highest BCUT2D eigenvalue weighted by Crippen LogP contribution is 2.38. The van der Waals surface area contributed by atoms with Crippen molar-refractivity contribution in [3.8, 4) is 0 Å². The van der Waals surface area contributed by atoms with Crippen molar-refractivity contribution in [3.05, 3.63) is 10.4 Å². The van der Waals surface area contributed by atoms with E-state index >= 15 is 0 Å². The summed E-state index contributed by atoms with van der Waals surface area (Å²) < 4.78 is 18.6. The number of nitrogens with zero attached hydrogens (tertiary/aromatic N) is 3. The Morgan fingerprint density at radius 2 is 1.58 bits per heavy atom. The maximum atomic E-state index is 8.97. The van der Waals surface area contributed by atoms with Crippen LogP contribution in [0.3, 0.4) is 0 Å². The van der Waals surface area contributed by atoms with Crippen molar-refractivity contribution in [1.82, 2.24) is 0 Å². The molecule has 0 aliphatic carbocycles. The molecule has 2 fully saturated rings. The molecule has 6 nitrogen and oxygen atoms in total. The normalized spacial score (nSPS) is 49.5. The predicted molar refractivity (Wildman–Crippen MR) is 93.4 cm³/mol. The number of hydrogen-bond donors (Lipinski definition) is 0. The van der Waals surface area contributed by atoms with Crippen LogP contribution in [0.5, 0.6) is 0 Å². The van der Waals surface area contributed by atoms with Crippen LogP contribution in [-0.4, -0.2) is 36.7 Å². The van der Waals surface area contributed by atoms with Gasteiger partial charge in [0.15, 0.2) is 6.29 Å². The van der Waals surface area contributed by atoms with Crippen LogP contribution in [0.2, 0.25) is 0 Å². The molecule has 5 unspecified atom stereocenters. The van der Waals surface area contributed by atoms with Crippen LogP contribution in [0.25, 0.3) is 10.4 Å². The Bertz CT molecular complexity index is 468. The highest BCUT2D eigenvalue weighted by Gasteiger charge is 2.45. The quantitative estimate of drug-likeness (QED) is 0.429. The number of ether oxygens (including phenoxy) is 3. The van der Waals surface area contributed by atoms with Crippen LogP contribution >= 0.6 is 0 Å².